The molecule has 1 N–H and O–H groups in total. The molecule has 0 fully saturated rings. The highest BCUT2D eigenvalue weighted by Gasteiger charge is 2.28. The van der Waals surface area contributed by atoms with Crippen LogP contribution in [0.1, 0.15) is 11.1 Å². The van der Waals surface area contributed by atoms with Crippen LogP contribution in [0, 0.1) is 0 Å². The number of carbonyl (C=O) groups is 1. The van der Waals surface area contributed by atoms with Crippen molar-refractivity contribution < 1.29 is 27.4 Å². The van der Waals surface area contributed by atoms with Crippen molar-refractivity contribution in [2.75, 3.05) is 13.7 Å². The molecule has 0 aliphatic carbocycles. The van der Waals surface area contributed by atoms with E-state index in [0.29, 0.717) is 11.3 Å². The highest BCUT2D eigenvalue weighted by molar-refractivity contribution is 5.91. The smallest absolute Gasteiger partial charge is 0.422 e. The molecule has 0 bridgehead atoms. The summed E-state index contributed by atoms with van der Waals surface area (Å²) in [5, 5.41) is 2.63. The number of halogens is 3. The fraction of sp³-hybridized carbons (Fsp3) is 0.222. The number of benzene rings is 1. The van der Waals surface area contributed by atoms with Gasteiger partial charge in [-0.1, -0.05) is 12.1 Å². The molecule has 0 unspecified atom stereocenters. The molecule has 8 heteroatoms. The number of nitrogens with zero attached hydrogens (tertiary/aromatic N) is 1. The summed E-state index contributed by atoms with van der Waals surface area (Å²) in [4.78, 5) is 15.6. The van der Waals surface area contributed by atoms with Crippen LogP contribution < -0.4 is 14.8 Å². The zero-order valence-electron chi connectivity index (χ0n) is 13.9. The van der Waals surface area contributed by atoms with Gasteiger partial charge in [0.1, 0.15) is 5.75 Å². The fourth-order valence-electron chi connectivity index (χ4n) is 1.96. The minimum absolute atomic E-state index is 0.131. The normalized spacial score (nSPS) is 11.4. The number of nitrogens with one attached hydrogen (secondary N) is 1. The molecule has 0 radical (unpaired) electrons. The Morgan fingerprint density at radius 1 is 1.27 bits per heavy atom. The summed E-state index contributed by atoms with van der Waals surface area (Å²) in [6.45, 7) is -1.29. The first-order chi connectivity index (χ1) is 12.4. The Morgan fingerprint density at radius 2 is 2.08 bits per heavy atom. The molecule has 0 atom stereocenters. The molecule has 1 aromatic heterocycles. The molecule has 0 spiro atoms. The van der Waals surface area contributed by atoms with Crippen LogP contribution in [0.5, 0.6) is 11.6 Å². The molecule has 5 nitrogen and oxygen atoms in total. The number of ether oxygens (including phenoxy) is 2. The summed E-state index contributed by atoms with van der Waals surface area (Å²) >= 11 is 0. The largest absolute Gasteiger partial charge is 0.497 e. The minimum atomic E-state index is -4.43. The van der Waals surface area contributed by atoms with Crippen LogP contribution >= 0.6 is 0 Å². The number of amides is 1. The van der Waals surface area contributed by atoms with Gasteiger partial charge in [0.15, 0.2) is 6.61 Å². The van der Waals surface area contributed by atoms with Gasteiger partial charge in [-0.3, -0.25) is 4.79 Å². The monoisotopic (exact) mass is 366 g/mol. The van der Waals surface area contributed by atoms with Crippen LogP contribution in [0.15, 0.2) is 48.7 Å². The second-order valence-electron chi connectivity index (χ2n) is 5.23. The van der Waals surface area contributed by atoms with Gasteiger partial charge in [0.25, 0.3) is 0 Å². The Balaban J connectivity index is 1.87. The highest BCUT2D eigenvalue weighted by Crippen LogP contribution is 2.17. The van der Waals surface area contributed by atoms with Gasteiger partial charge in [-0.15, -0.1) is 0 Å². The number of hydrogen-bond acceptors (Lipinski definition) is 4. The maximum absolute atomic E-state index is 12.1. The van der Waals surface area contributed by atoms with Crippen molar-refractivity contribution in [3.8, 4) is 11.6 Å². The molecule has 1 amide bonds. The SMILES string of the molecule is COc1cccc(/C=C/C(=O)NCc2ccnc(OCC(F)(F)F)c2)c1. The third-order valence-corrected chi connectivity index (χ3v) is 3.17. The van der Waals surface area contributed by atoms with Crippen LogP contribution in [0.25, 0.3) is 6.08 Å². The number of hydrogen-bond donors (Lipinski definition) is 1. The Bertz CT molecular complexity index is 776. The highest BCUT2D eigenvalue weighted by atomic mass is 19.4. The van der Waals surface area contributed by atoms with E-state index < -0.39 is 12.8 Å². The standard InChI is InChI=1S/C18H17F3N2O3/c1-25-15-4-2-3-13(9-15)5-6-16(24)23-11-14-7-8-22-17(10-14)26-12-18(19,20)21/h2-10H,11-12H2,1H3,(H,23,24)/b6-5+. The van der Waals surface area contributed by atoms with Crippen LogP contribution in [0.3, 0.4) is 0 Å². The topological polar surface area (TPSA) is 60.5 Å². The second-order valence-corrected chi connectivity index (χ2v) is 5.23. The van der Waals surface area contributed by atoms with Gasteiger partial charge < -0.3 is 14.8 Å². The molecular weight excluding hydrogens is 349 g/mol. The van der Waals surface area contributed by atoms with E-state index in [1.165, 1.54) is 18.3 Å². The van der Waals surface area contributed by atoms with Crippen molar-refractivity contribution in [3.05, 3.63) is 59.8 Å². The Hall–Kier alpha value is -3.03. The summed E-state index contributed by atoms with van der Waals surface area (Å²) in [6.07, 6.45) is -0.130. The van der Waals surface area contributed by atoms with Crippen molar-refractivity contribution in [2.24, 2.45) is 0 Å². The zero-order chi connectivity index (χ0) is 19.0. The number of alkyl halides is 3. The number of methoxy groups -OCH3 is 1. The quantitative estimate of drug-likeness (QED) is 0.764. The first-order valence-corrected chi connectivity index (χ1v) is 7.60. The maximum atomic E-state index is 12.1. The lowest BCUT2D eigenvalue weighted by Gasteiger charge is -2.09. The van der Waals surface area contributed by atoms with E-state index in [4.69, 9.17) is 4.74 Å². The molecule has 0 aliphatic rings. The average molecular weight is 366 g/mol. The number of rotatable bonds is 7. The lowest BCUT2D eigenvalue weighted by Crippen LogP contribution is -2.21. The molecular formula is C18H17F3N2O3. The maximum Gasteiger partial charge on any atom is 0.422 e. The lowest BCUT2D eigenvalue weighted by atomic mass is 10.2. The summed E-state index contributed by atoms with van der Waals surface area (Å²) in [5.41, 5.74) is 1.37. The molecule has 138 valence electrons. The Labute approximate surface area is 148 Å². The van der Waals surface area contributed by atoms with Gasteiger partial charge >= 0.3 is 6.18 Å². The predicted molar refractivity (Wildman–Crippen MR) is 89.7 cm³/mol. The number of carbonyl (C=O) groups excluding carboxylic acids is 1. The molecule has 0 saturated heterocycles. The van der Waals surface area contributed by atoms with Crippen LogP contribution in [-0.2, 0) is 11.3 Å². The third kappa shape index (κ3) is 6.84. The van der Waals surface area contributed by atoms with Crippen LogP contribution in [-0.4, -0.2) is 30.8 Å². The van der Waals surface area contributed by atoms with Crippen molar-refractivity contribution >= 4 is 12.0 Å². The van der Waals surface area contributed by atoms with Crippen LogP contribution in [0.2, 0.25) is 0 Å². The van der Waals surface area contributed by atoms with Crippen molar-refractivity contribution in [1.29, 1.82) is 0 Å². The van der Waals surface area contributed by atoms with Crippen LogP contribution in [0.4, 0.5) is 13.2 Å². The van der Waals surface area contributed by atoms with Gasteiger partial charge in [-0.25, -0.2) is 4.98 Å². The van der Waals surface area contributed by atoms with E-state index in [0.717, 1.165) is 5.56 Å². The van der Waals surface area contributed by atoms with E-state index in [-0.39, 0.29) is 18.3 Å². The molecule has 1 heterocycles. The van der Waals surface area contributed by atoms with Crippen molar-refractivity contribution in [1.82, 2.24) is 10.3 Å². The number of pyridine rings is 1. The molecule has 26 heavy (non-hydrogen) atoms. The predicted octanol–water partition coefficient (Wildman–Crippen LogP) is 3.36. The Kier molecular flexibility index (Phi) is 6.60. The summed E-state index contributed by atoms with van der Waals surface area (Å²) < 4.78 is 46.1. The fourth-order valence-corrected chi connectivity index (χ4v) is 1.96. The summed E-state index contributed by atoms with van der Waals surface area (Å²) in [5.74, 6) is 0.180. The third-order valence-electron chi connectivity index (χ3n) is 3.17. The molecule has 2 rings (SSSR count). The molecule has 2 aromatic rings. The van der Waals surface area contributed by atoms with Gasteiger partial charge in [0.05, 0.1) is 7.11 Å². The van der Waals surface area contributed by atoms with Crippen molar-refractivity contribution in [2.45, 2.75) is 12.7 Å². The first-order valence-electron chi connectivity index (χ1n) is 7.60. The second kappa shape index (κ2) is 8.89. The lowest BCUT2D eigenvalue weighted by molar-refractivity contribution is -0.154. The zero-order valence-corrected chi connectivity index (χ0v) is 13.9. The number of aromatic nitrogens is 1. The Morgan fingerprint density at radius 3 is 2.81 bits per heavy atom. The van der Waals surface area contributed by atoms with Gasteiger partial charge in [0, 0.05) is 24.9 Å². The summed E-state index contributed by atoms with van der Waals surface area (Å²) in [6, 6.07) is 10.1. The molecule has 1 aromatic carbocycles. The van der Waals surface area contributed by atoms with E-state index in [1.54, 1.807) is 37.5 Å². The molecule has 0 aliphatic heterocycles. The van der Waals surface area contributed by atoms with E-state index >= 15 is 0 Å². The minimum Gasteiger partial charge on any atom is -0.497 e. The van der Waals surface area contributed by atoms with Gasteiger partial charge in [-0.2, -0.15) is 13.2 Å². The first kappa shape index (κ1) is 19.3. The summed E-state index contributed by atoms with van der Waals surface area (Å²) in [7, 11) is 1.55. The average Bonchev–Trinajstić information content (AvgIpc) is 2.63. The van der Waals surface area contributed by atoms with Crippen molar-refractivity contribution in [3.63, 3.8) is 0 Å². The van der Waals surface area contributed by atoms with Gasteiger partial charge in [0.2, 0.25) is 11.8 Å². The van der Waals surface area contributed by atoms with E-state index in [1.807, 2.05) is 6.07 Å². The van der Waals surface area contributed by atoms with E-state index in [2.05, 4.69) is 15.0 Å². The van der Waals surface area contributed by atoms with E-state index in [9.17, 15) is 18.0 Å². The van der Waals surface area contributed by atoms with Gasteiger partial charge in [-0.05, 0) is 35.4 Å². The molecule has 0 saturated carbocycles.